The Hall–Kier alpha value is -2.02. The summed E-state index contributed by atoms with van der Waals surface area (Å²) in [6, 6.07) is 3.37. The molecule has 3 N–H and O–H groups in total. The summed E-state index contributed by atoms with van der Waals surface area (Å²) in [5.41, 5.74) is 6.74. The number of nitrogens with one attached hydrogen (secondary N) is 1. The Balaban J connectivity index is 2.07. The van der Waals surface area contributed by atoms with Gasteiger partial charge < -0.3 is 11.1 Å². The lowest BCUT2D eigenvalue weighted by Crippen LogP contribution is -2.24. The van der Waals surface area contributed by atoms with Gasteiger partial charge in [0, 0.05) is 16.9 Å². The number of carbonyl (C=O) groups is 1. The third kappa shape index (κ3) is 3.47. The third-order valence-electron chi connectivity index (χ3n) is 2.39. The zero-order valence-electron chi connectivity index (χ0n) is 10.2. The first-order chi connectivity index (χ1) is 9.06. The first-order valence-electron chi connectivity index (χ1n) is 5.54. The zero-order chi connectivity index (χ0) is 13.8. The summed E-state index contributed by atoms with van der Waals surface area (Å²) in [6.45, 7) is 2.11. The molecule has 0 fully saturated rings. The minimum Gasteiger partial charge on any atom is -0.383 e. The van der Waals surface area contributed by atoms with Crippen LogP contribution in [0, 0.1) is 6.92 Å². The van der Waals surface area contributed by atoms with Gasteiger partial charge >= 0.3 is 0 Å². The second-order valence-electron chi connectivity index (χ2n) is 3.86. The molecule has 0 saturated heterocycles. The molecule has 0 atom stereocenters. The lowest BCUT2D eigenvalue weighted by Gasteiger charge is -2.07. The summed E-state index contributed by atoms with van der Waals surface area (Å²) in [4.78, 5) is 24.1. The van der Waals surface area contributed by atoms with Gasteiger partial charge in [0.25, 0.3) is 5.91 Å². The normalized spacial score (nSPS) is 10.2. The standard InChI is InChI=1S/C12H12BrN5O/c1-7-15-3-2-9(18-7)6-17-12(19)10-4-8(13)5-16-11(10)14/h2-5H,6H2,1H3,(H2,14,16)(H,17,19). The van der Waals surface area contributed by atoms with E-state index < -0.39 is 0 Å². The van der Waals surface area contributed by atoms with Gasteiger partial charge in [-0.05, 0) is 35.0 Å². The van der Waals surface area contributed by atoms with Crippen molar-refractivity contribution in [3.05, 3.63) is 46.1 Å². The number of nitrogens with two attached hydrogens (primary N) is 1. The van der Waals surface area contributed by atoms with Crippen LogP contribution in [0.1, 0.15) is 21.9 Å². The van der Waals surface area contributed by atoms with Crippen molar-refractivity contribution in [1.82, 2.24) is 20.3 Å². The van der Waals surface area contributed by atoms with Crippen molar-refractivity contribution in [3.8, 4) is 0 Å². The minimum absolute atomic E-state index is 0.194. The van der Waals surface area contributed by atoms with Crippen LogP contribution in [0.15, 0.2) is 29.0 Å². The number of hydrogen-bond acceptors (Lipinski definition) is 5. The predicted molar refractivity (Wildman–Crippen MR) is 74.3 cm³/mol. The number of hydrogen-bond donors (Lipinski definition) is 2. The van der Waals surface area contributed by atoms with Gasteiger partial charge in [-0.2, -0.15) is 0 Å². The predicted octanol–water partition coefficient (Wildman–Crippen LogP) is 1.45. The van der Waals surface area contributed by atoms with E-state index in [0.717, 1.165) is 5.69 Å². The molecule has 0 aliphatic heterocycles. The van der Waals surface area contributed by atoms with Crippen molar-refractivity contribution in [2.75, 3.05) is 5.73 Å². The lowest BCUT2D eigenvalue weighted by atomic mass is 10.2. The molecule has 0 bridgehead atoms. The van der Waals surface area contributed by atoms with E-state index in [4.69, 9.17) is 5.73 Å². The summed E-state index contributed by atoms with van der Waals surface area (Å²) in [7, 11) is 0. The molecule has 2 heterocycles. The number of nitrogen functional groups attached to an aromatic ring is 1. The fourth-order valence-corrected chi connectivity index (χ4v) is 1.83. The Morgan fingerprint density at radius 2 is 2.26 bits per heavy atom. The highest BCUT2D eigenvalue weighted by atomic mass is 79.9. The Morgan fingerprint density at radius 1 is 1.47 bits per heavy atom. The van der Waals surface area contributed by atoms with Gasteiger partial charge in [0.05, 0.1) is 17.8 Å². The molecule has 2 aromatic rings. The van der Waals surface area contributed by atoms with Crippen molar-refractivity contribution >= 4 is 27.7 Å². The molecule has 2 rings (SSSR count). The molecule has 19 heavy (non-hydrogen) atoms. The van der Waals surface area contributed by atoms with E-state index in [2.05, 4.69) is 36.2 Å². The minimum atomic E-state index is -0.289. The number of carbonyl (C=O) groups excluding carboxylic acids is 1. The van der Waals surface area contributed by atoms with Gasteiger partial charge in [0.2, 0.25) is 0 Å². The summed E-state index contributed by atoms with van der Waals surface area (Å²) >= 11 is 3.25. The van der Waals surface area contributed by atoms with Crippen molar-refractivity contribution in [1.29, 1.82) is 0 Å². The van der Waals surface area contributed by atoms with E-state index in [1.54, 1.807) is 31.5 Å². The maximum absolute atomic E-state index is 12.0. The number of halogens is 1. The highest BCUT2D eigenvalue weighted by molar-refractivity contribution is 9.10. The molecule has 0 spiro atoms. The molecular weight excluding hydrogens is 310 g/mol. The number of rotatable bonds is 3. The van der Waals surface area contributed by atoms with Crippen LogP contribution in [0.5, 0.6) is 0 Å². The van der Waals surface area contributed by atoms with Crippen LogP contribution < -0.4 is 11.1 Å². The molecule has 0 aliphatic rings. The molecule has 98 valence electrons. The summed E-state index contributed by atoms with van der Waals surface area (Å²) in [5.74, 6) is 0.567. The number of amides is 1. The molecule has 1 amide bonds. The maximum atomic E-state index is 12.0. The highest BCUT2D eigenvalue weighted by Crippen LogP contribution is 2.15. The highest BCUT2D eigenvalue weighted by Gasteiger charge is 2.11. The first kappa shape index (κ1) is 13.4. The van der Waals surface area contributed by atoms with Gasteiger partial charge in [-0.3, -0.25) is 4.79 Å². The van der Waals surface area contributed by atoms with E-state index in [0.29, 0.717) is 22.4 Å². The van der Waals surface area contributed by atoms with Crippen molar-refractivity contribution in [2.24, 2.45) is 0 Å². The molecule has 2 aromatic heterocycles. The average Bonchev–Trinajstić information content (AvgIpc) is 2.39. The fraction of sp³-hybridized carbons (Fsp3) is 0.167. The van der Waals surface area contributed by atoms with E-state index in [1.165, 1.54) is 0 Å². The van der Waals surface area contributed by atoms with Crippen molar-refractivity contribution in [2.45, 2.75) is 13.5 Å². The number of pyridine rings is 1. The molecule has 7 heteroatoms. The quantitative estimate of drug-likeness (QED) is 0.892. The number of nitrogens with zero attached hydrogens (tertiary/aromatic N) is 3. The largest absolute Gasteiger partial charge is 0.383 e. The average molecular weight is 322 g/mol. The van der Waals surface area contributed by atoms with Gasteiger partial charge in [-0.1, -0.05) is 0 Å². The van der Waals surface area contributed by atoms with E-state index in [-0.39, 0.29) is 11.7 Å². The van der Waals surface area contributed by atoms with Crippen LogP contribution in [-0.2, 0) is 6.54 Å². The van der Waals surface area contributed by atoms with Gasteiger partial charge in [-0.15, -0.1) is 0 Å². The molecule has 0 radical (unpaired) electrons. The summed E-state index contributed by atoms with van der Waals surface area (Å²) in [5, 5.41) is 2.74. The van der Waals surface area contributed by atoms with E-state index >= 15 is 0 Å². The molecule has 6 nitrogen and oxygen atoms in total. The lowest BCUT2D eigenvalue weighted by molar-refractivity contribution is 0.0951. The Morgan fingerprint density at radius 3 is 3.00 bits per heavy atom. The molecule has 0 aliphatic carbocycles. The smallest absolute Gasteiger partial charge is 0.255 e. The van der Waals surface area contributed by atoms with Crippen LogP contribution in [0.2, 0.25) is 0 Å². The van der Waals surface area contributed by atoms with Gasteiger partial charge in [0.1, 0.15) is 11.6 Å². The molecule has 0 unspecified atom stereocenters. The van der Waals surface area contributed by atoms with Crippen LogP contribution in [0.3, 0.4) is 0 Å². The zero-order valence-corrected chi connectivity index (χ0v) is 11.8. The maximum Gasteiger partial charge on any atom is 0.255 e. The van der Waals surface area contributed by atoms with E-state index in [9.17, 15) is 4.79 Å². The number of anilines is 1. The van der Waals surface area contributed by atoms with Crippen LogP contribution in [0.25, 0.3) is 0 Å². The van der Waals surface area contributed by atoms with Gasteiger partial charge in [0.15, 0.2) is 0 Å². The number of aromatic nitrogens is 3. The first-order valence-corrected chi connectivity index (χ1v) is 6.33. The Bertz CT molecular complexity index is 617. The van der Waals surface area contributed by atoms with Crippen LogP contribution >= 0.6 is 15.9 Å². The van der Waals surface area contributed by atoms with Crippen molar-refractivity contribution in [3.63, 3.8) is 0 Å². The SMILES string of the molecule is Cc1nccc(CNC(=O)c2cc(Br)cnc2N)n1. The molecule has 0 aromatic carbocycles. The summed E-state index contributed by atoms with van der Waals surface area (Å²) < 4.78 is 0.699. The van der Waals surface area contributed by atoms with Crippen molar-refractivity contribution < 1.29 is 4.79 Å². The number of aryl methyl sites for hydroxylation is 1. The molecular formula is C12H12BrN5O. The molecule has 0 saturated carbocycles. The van der Waals surface area contributed by atoms with E-state index in [1.807, 2.05) is 0 Å². The topological polar surface area (TPSA) is 93.8 Å². The Labute approximate surface area is 118 Å². The van der Waals surface area contributed by atoms with Gasteiger partial charge in [-0.25, -0.2) is 15.0 Å². The fourth-order valence-electron chi connectivity index (χ4n) is 1.50. The van der Waals surface area contributed by atoms with Crippen LogP contribution in [-0.4, -0.2) is 20.9 Å². The Kier molecular flexibility index (Phi) is 4.06. The second kappa shape index (κ2) is 5.75. The van der Waals surface area contributed by atoms with Crippen LogP contribution in [0.4, 0.5) is 5.82 Å². The second-order valence-corrected chi connectivity index (χ2v) is 4.78. The summed E-state index contributed by atoms with van der Waals surface area (Å²) in [6.07, 6.45) is 3.19. The monoisotopic (exact) mass is 321 g/mol. The third-order valence-corrected chi connectivity index (χ3v) is 2.83.